The second-order valence-corrected chi connectivity index (χ2v) is 5.05. The van der Waals surface area contributed by atoms with E-state index in [2.05, 4.69) is 5.32 Å². The Morgan fingerprint density at radius 1 is 1.40 bits per heavy atom. The van der Waals surface area contributed by atoms with E-state index in [9.17, 15) is 14.7 Å². The van der Waals surface area contributed by atoms with Crippen molar-refractivity contribution < 1.29 is 19.8 Å². The monoisotopic (exact) mass is 298 g/mol. The van der Waals surface area contributed by atoms with Gasteiger partial charge >= 0.3 is 12.0 Å². The second kappa shape index (κ2) is 6.11. The molecule has 0 spiro atoms. The Bertz CT molecular complexity index is 535. The molecule has 1 aliphatic rings. The highest BCUT2D eigenvalue weighted by atomic mass is 35.5. The van der Waals surface area contributed by atoms with Gasteiger partial charge in [0, 0.05) is 13.1 Å². The van der Waals surface area contributed by atoms with Crippen molar-refractivity contribution in [2.45, 2.75) is 18.9 Å². The molecule has 1 unspecified atom stereocenters. The average molecular weight is 299 g/mol. The van der Waals surface area contributed by atoms with Crippen LogP contribution < -0.4 is 5.32 Å². The molecule has 1 heterocycles. The first-order chi connectivity index (χ1) is 9.49. The molecule has 1 aromatic rings. The van der Waals surface area contributed by atoms with Gasteiger partial charge in [0.15, 0.2) is 0 Å². The van der Waals surface area contributed by atoms with Gasteiger partial charge in [0.1, 0.15) is 5.56 Å². The lowest BCUT2D eigenvalue weighted by atomic mass is 10.1. The number of amides is 2. The maximum absolute atomic E-state index is 12.1. The number of anilines is 1. The third-order valence-corrected chi connectivity index (χ3v) is 3.47. The zero-order valence-electron chi connectivity index (χ0n) is 10.7. The van der Waals surface area contributed by atoms with Crippen molar-refractivity contribution in [2.75, 3.05) is 18.4 Å². The molecule has 0 aromatic heterocycles. The molecule has 0 saturated carbocycles. The number of benzene rings is 1. The summed E-state index contributed by atoms with van der Waals surface area (Å²) in [5.74, 6) is -1.20. The predicted octanol–water partition coefficient (Wildman–Crippen LogP) is 2.03. The Morgan fingerprint density at radius 3 is 2.80 bits per heavy atom. The molecule has 1 fully saturated rings. The smallest absolute Gasteiger partial charge is 0.339 e. The van der Waals surface area contributed by atoms with Gasteiger partial charge in [0.25, 0.3) is 0 Å². The van der Waals surface area contributed by atoms with Gasteiger partial charge in [-0.1, -0.05) is 17.7 Å². The molecule has 7 heteroatoms. The zero-order valence-corrected chi connectivity index (χ0v) is 11.4. The normalized spacial score (nSPS) is 18.7. The molecule has 1 saturated heterocycles. The number of likely N-dealkylation sites (tertiary alicyclic amines) is 1. The highest BCUT2D eigenvalue weighted by Crippen LogP contribution is 2.25. The van der Waals surface area contributed by atoms with E-state index in [0.29, 0.717) is 13.0 Å². The number of carboxylic acid groups (broad SMARTS) is 1. The van der Waals surface area contributed by atoms with Crippen molar-refractivity contribution in [3.63, 3.8) is 0 Å². The number of β-amino-alcohol motifs (C(OH)–C–C–N with tert-alkyl or cyclic N) is 1. The van der Waals surface area contributed by atoms with Gasteiger partial charge in [-0.05, 0) is 25.0 Å². The Morgan fingerprint density at radius 2 is 2.15 bits per heavy atom. The Hall–Kier alpha value is -1.79. The summed E-state index contributed by atoms with van der Waals surface area (Å²) in [6, 6.07) is 4.06. The van der Waals surface area contributed by atoms with E-state index in [-0.39, 0.29) is 22.8 Å². The number of halogens is 1. The molecular formula is C13H15ClN2O4. The Balaban J connectivity index is 2.15. The fourth-order valence-corrected chi connectivity index (χ4v) is 2.43. The number of hydrogen-bond donors (Lipinski definition) is 3. The lowest BCUT2D eigenvalue weighted by molar-refractivity contribution is 0.0698. The van der Waals surface area contributed by atoms with Crippen LogP contribution in [0.1, 0.15) is 23.2 Å². The summed E-state index contributed by atoms with van der Waals surface area (Å²) < 4.78 is 0. The first-order valence-electron chi connectivity index (χ1n) is 6.25. The second-order valence-electron chi connectivity index (χ2n) is 4.64. The van der Waals surface area contributed by atoms with Crippen LogP contribution in [0.3, 0.4) is 0 Å². The van der Waals surface area contributed by atoms with Gasteiger partial charge in [0.05, 0.1) is 16.8 Å². The van der Waals surface area contributed by atoms with Gasteiger partial charge in [-0.3, -0.25) is 0 Å². The van der Waals surface area contributed by atoms with Gasteiger partial charge in [-0.15, -0.1) is 0 Å². The summed E-state index contributed by atoms with van der Waals surface area (Å²) in [7, 11) is 0. The van der Waals surface area contributed by atoms with Crippen molar-refractivity contribution in [1.82, 2.24) is 4.90 Å². The van der Waals surface area contributed by atoms with Crippen LogP contribution in [0, 0.1) is 0 Å². The maximum atomic E-state index is 12.1. The summed E-state index contributed by atoms with van der Waals surface area (Å²) in [5.41, 5.74) is 0.00939. The van der Waals surface area contributed by atoms with E-state index in [1.54, 1.807) is 6.07 Å². The number of nitrogens with zero attached hydrogens (tertiary/aromatic N) is 1. The van der Waals surface area contributed by atoms with Crippen LogP contribution in [0.5, 0.6) is 0 Å². The molecular weight excluding hydrogens is 284 g/mol. The molecule has 3 N–H and O–H groups in total. The van der Waals surface area contributed by atoms with Crippen LogP contribution in [-0.2, 0) is 0 Å². The van der Waals surface area contributed by atoms with Crippen LogP contribution in [0.2, 0.25) is 5.02 Å². The van der Waals surface area contributed by atoms with Crippen LogP contribution in [0.4, 0.5) is 10.5 Å². The number of rotatable bonds is 2. The molecule has 0 aliphatic carbocycles. The highest BCUT2D eigenvalue weighted by Gasteiger charge is 2.23. The van der Waals surface area contributed by atoms with Gasteiger partial charge in [-0.2, -0.15) is 0 Å². The topological polar surface area (TPSA) is 89.9 Å². The van der Waals surface area contributed by atoms with Gasteiger partial charge < -0.3 is 20.4 Å². The molecule has 1 atom stereocenters. The number of carboxylic acids is 1. The molecule has 2 rings (SSSR count). The molecule has 6 nitrogen and oxygen atoms in total. The minimum atomic E-state index is -1.20. The average Bonchev–Trinajstić information content (AvgIpc) is 2.38. The van der Waals surface area contributed by atoms with E-state index in [1.165, 1.54) is 17.0 Å². The summed E-state index contributed by atoms with van der Waals surface area (Å²) >= 11 is 5.83. The number of hydrogen-bond acceptors (Lipinski definition) is 3. The first-order valence-corrected chi connectivity index (χ1v) is 6.62. The van der Waals surface area contributed by atoms with Crippen LogP contribution in [0.15, 0.2) is 18.2 Å². The van der Waals surface area contributed by atoms with Crippen molar-refractivity contribution in [2.24, 2.45) is 0 Å². The van der Waals surface area contributed by atoms with E-state index in [0.717, 1.165) is 6.42 Å². The van der Waals surface area contributed by atoms with E-state index >= 15 is 0 Å². The number of carbonyl (C=O) groups is 2. The number of urea groups is 1. The van der Waals surface area contributed by atoms with E-state index in [4.69, 9.17) is 16.7 Å². The first kappa shape index (κ1) is 14.6. The van der Waals surface area contributed by atoms with Crippen LogP contribution >= 0.6 is 11.6 Å². The van der Waals surface area contributed by atoms with Crippen LogP contribution in [-0.4, -0.2) is 46.3 Å². The Labute approximate surface area is 121 Å². The van der Waals surface area contributed by atoms with Crippen molar-refractivity contribution in [3.8, 4) is 0 Å². The van der Waals surface area contributed by atoms with E-state index in [1.807, 2.05) is 0 Å². The maximum Gasteiger partial charge on any atom is 0.339 e. The standard InChI is InChI=1S/C13H15ClN2O4/c14-9-4-1-5-10(11(9)12(18)19)15-13(20)16-6-2-3-8(17)7-16/h1,4-5,8,17H,2-3,6-7H2,(H,15,20)(H,18,19). The summed E-state index contributed by atoms with van der Waals surface area (Å²) in [4.78, 5) is 24.7. The molecule has 1 aromatic carbocycles. The number of piperidine rings is 1. The van der Waals surface area contributed by atoms with Crippen LogP contribution in [0.25, 0.3) is 0 Å². The third kappa shape index (κ3) is 3.20. The highest BCUT2D eigenvalue weighted by molar-refractivity contribution is 6.34. The number of aromatic carboxylic acids is 1. The summed E-state index contributed by atoms with van der Waals surface area (Å²) in [6.45, 7) is 0.778. The van der Waals surface area contributed by atoms with E-state index < -0.39 is 18.1 Å². The molecule has 1 aliphatic heterocycles. The van der Waals surface area contributed by atoms with Gasteiger partial charge in [-0.25, -0.2) is 9.59 Å². The summed E-state index contributed by atoms with van der Waals surface area (Å²) in [6.07, 6.45) is 0.852. The fourth-order valence-electron chi connectivity index (χ4n) is 2.18. The minimum Gasteiger partial charge on any atom is -0.478 e. The van der Waals surface area contributed by atoms with Crippen molar-refractivity contribution in [3.05, 3.63) is 28.8 Å². The molecule has 0 radical (unpaired) electrons. The molecule has 0 bridgehead atoms. The Kier molecular flexibility index (Phi) is 4.46. The number of carbonyl (C=O) groups excluding carboxylic acids is 1. The van der Waals surface area contributed by atoms with Crippen molar-refractivity contribution in [1.29, 1.82) is 0 Å². The SMILES string of the molecule is O=C(O)c1c(Cl)cccc1NC(=O)N1CCCC(O)C1. The third-order valence-electron chi connectivity index (χ3n) is 3.15. The zero-order chi connectivity index (χ0) is 14.7. The lowest BCUT2D eigenvalue weighted by Crippen LogP contribution is -2.44. The molecule has 108 valence electrons. The fraction of sp³-hybridized carbons (Fsp3) is 0.385. The lowest BCUT2D eigenvalue weighted by Gasteiger charge is -2.30. The number of aliphatic hydroxyl groups excluding tert-OH is 1. The summed E-state index contributed by atoms with van der Waals surface area (Å²) in [5, 5.41) is 21.3. The van der Waals surface area contributed by atoms with Crippen molar-refractivity contribution >= 4 is 29.3 Å². The van der Waals surface area contributed by atoms with Gasteiger partial charge in [0.2, 0.25) is 0 Å². The number of aliphatic hydroxyl groups is 1. The molecule has 20 heavy (non-hydrogen) atoms. The largest absolute Gasteiger partial charge is 0.478 e. The molecule has 2 amide bonds. The number of nitrogens with one attached hydrogen (secondary N) is 1. The quantitative estimate of drug-likeness (QED) is 0.779. The minimum absolute atomic E-state index is 0.0639. The predicted molar refractivity (Wildman–Crippen MR) is 74.2 cm³/mol.